The number of benzene rings is 2. The molecule has 3 rings (SSSR count). The zero-order valence-electron chi connectivity index (χ0n) is 15.7. The second kappa shape index (κ2) is 8.84. The number of hydrogen-bond acceptors (Lipinski definition) is 3. The average molecular weight is 517 g/mol. The van der Waals surface area contributed by atoms with Gasteiger partial charge in [0.2, 0.25) is 5.90 Å². The highest BCUT2D eigenvalue weighted by Gasteiger charge is 2.41. The van der Waals surface area contributed by atoms with Crippen molar-refractivity contribution in [3.05, 3.63) is 74.5 Å². The summed E-state index contributed by atoms with van der Waals surface area (Å²) in [6, 6.07) is 7.49. The fourth-order valence-corrected chi connectivity index (χ4v) is 3.21. The smallest absolute Gasteiger partial charge is 0.436 e. The molecule has 3 aromatic rings. The molecular weight excluding hydrogens is 507 g/mol. The first-order chi connectivity index (χ1) is 14.8. The summed E-state index contributed by atoms with van der Waals surface area (Å²) in [4.78, 5) is 3.88. The Kier molecular flexibility index (Phi) is 6.69. The van der Waals surface area contributed by atoms with Crippen molar-refractivity contribution in [2.45, 2.75) is 12.4 Å². The maximum Gasteiger partial charge on any atom is 0.436 e. The van der Waals surface area contributed by atoms with Crippen LogP contribution < -0.4 is 4.74 Å². The molecule has 4 nitrogen and oxygen atoms in total. The SMILES string of the molecule is Cn1nc(C(F)(F)F)c(C(=Nc2cccc(C(F)(F)F)c2)Oc2ccc(Cl)cc2Cl)c1Cl. The minimum atomic E-state index is -4.97. The Labute approximate surface area is 192 Å². The highest BCUT2D eigenvalue weighted by atomic mass is 35.5. The number of ether oxygens (including phenoxy) is 1. The molecule has 0 bridgehead atoms. The van der Waals surface area contributed by atoms with E-state index in [2.05, 4.69) is 10.1 Å². The number of rotatable bonds is 3. The van der Waals surface area contributed by atoms with E-state index in [1.807, 2.05) is 0 Å². The first-order valence-electron chi connectivity index (χ1n) is 8.46. The quantitative estimate of drug-likeness (QED) is 0.205. The third kappa shape index (κ3) is 5.31. The standard InChI is InChI=1S/C19H10Cl3F6N3O/c1-31-16(22)14(15(30-31)19(26,27)28)17(32-13-6-5-10(20)8-12(13)21)29-11-4-2-3-9(7-11)18(23,24)25/h2-8H,1H3. The van der Waals surface area contributed by atoms with Crippen LogP contribution in [0, 0.1) is 0 Å². The summed E-state index contributed by atoms with van der Waals surface area (Å²) < 4.78 is 86.2. The molecule has 0 radical (unpaired) electrons. The Bertz CT molecular complexity index is 1190. The highest BCUT2D eigenvalue weighted by molar-refractivity contribution is 6.36. The molecule has 0 saturated heterocycles. The van der Waals surface area contributed by atoms with Crippen molar-refractivity contribution in [2.75, 3.05) is 0 Å². The third-order valence-electron chi connectivity index (χ3n) is 3.96. The topological polar surface area (TPSA) is 39.4 Å². The van der Waals surface area contributed by atoms with Gasteiger partial charge in [-0.05, 0) is 36.4 Å². The van der Waals surface area contributed by atoms with Gasteiger partial charge in [0.25, 0.3) is 0 Å². The van der Waals surface area contributed by atoms with Gasteiger partial charge in [-0.1, -0.05) is 40.9 Å². The van der Waals surface area contributed by atoms with Gasteiger partial charge in [0.05, 0.1) is 16.3 Å². The summed E-state index contributed by atoms with van der Waals surface area (Å²) in [5, 5.41) is 2.97. The van der Waals surface area contributed by atoms with E-state index in [4.69, 9.17) is 39.5 Å². The molecule has 0 aliphatic heterocycles. The number of aryl methyl sites for hydroxylation is 1. The monoisotopic (exact) mass is 515 g/mol. The van der Waals surface area contributed by atoms with Crippen LogP contribution in [0.4, 0.5) is 32.0 Å². The minimum absolute atomic E-state index is 0.0807. The van der Waals surface area contributed by atoms with E-state index >= 15 is 0 Å². The van der Waals surface area contributed by atoms with E-state index in [-0.39, 0.29) is 21.5 Å². The lowest BCUT2D eigenvalue weighted by atomic mass is 10.2. The molecule has 170 valence electrons. The van der Waals surface area contributed by atoms with Gasteiger partial charge in [-0.15, -0.1) is 0 Å². The molecule has 1 aromatic heterocycles. The van der Waals surface area contributed by atoms with Crippen LogP contribution in [0.1, 0.15) is 16.8 Å². The summed E-state index contributed by atoms with van der Waals surface area (Å²) in [6.45, 7) is 0. The molecule has 1 heterocycles. The molecule has 0 aliphatic rings. The predicted octanol–water partition coefficient (Wildman–Crippen LogP) is 7.58. The highest BCUT2D eigenvalue weighted by Crippen LogP contribution is 2.37. The molecular formula is C19H10Cl3F6N3O. The number of hydrogen-bond donors (Lipinski definition) is 0. The van der Waals surface area contributed by atoms with Crippen LogP contribution in [0.15, 0.2) is 47.5 Å². The number of nitrogens with zero attached hydrogens (tertiary/aromatic N) is 3. The van der Waals surface area contributed by atoms with Gasteiger partial charge < -0.3 is 4.74 Å². The molecule has 0 amide bonds. The second-order valence-corrected chi connectivity index (χ2v) is 7.48. The van der Waals surface area contributed by atoms with Gasteiger partial charge in [-0.25, -0.2) is 4.99 Å². The van der Waals surface area contributed by atoms with E-state index in [0.29, 0.717) is 6.07 Å². The van der Waals surface area contributed by atoms with Crippen LogP contribution >= 0.6 is 34.8 Å². The van der Waals surface area contributed by atoms with Gasteiger partial charge >= 0.3 is 12.4 Å². The minimum Gasteiger partial charge on any atom is -0.437 e. The molecule has 0 aliphatic carbocycles. The van der Waals surface area contributed by atoms with Crippen LogP contribution in [0.3, 0.4) is 0 Å². The van der Waals surface area contributed by atoms with Gasteiger partial charge in [0.15, 0.2) is 5.69 Å². The predicted molar refractivity (Wildman–Crippen MR) is 108 cm³/mol. The Hall–Kier alpha value is -2.43. The van der Waals surface area contributed by atoms with Crippen molar-refractivity contribution >= 4 is 46.4 Å². The summed E-state index contributed by atoms with van der Waals surface area (Å²) in [5.41, 5.74) is -3.62. The van der Waals surface area contributed by atoms with E-state index in [1.165, 1.54) is 18.2 Å². The summed E-state index contributed by atoms with van der Waals surface area (Å²) in [6.07, 6.45) is -9.67. The first-order valence-corrected chi connectivity index (χ1v) is 9.59. The van der Waals surface area contributed by atoms with Crippen LogP contribution in [-0.2, 0) is 19.4 Å². The lowest BCUT2D eigenvalue weighted by Crippen LogP contribution is -2.17. The Morgan fingerprint density at radius 2 is 1.66 bits per heavy atom. The normalized spacial score (nSPS) is 12.9. The van der Waals surface area contributed by atoms with Crippen molar-refractivity contribution in [1.29, 1.82) is 0 Å². The maximum atomic E-state index is 13.6. The van der Waals surface area contributed by atoms with Crippen LogP contribution in [0.2, 0.25) is 15.2 Å². The molecule has 13 heteroatoms. The molecule has 0 fully saturated rings. The second-order valence-electron chi connectivity index (χ2n) is 6.28. The van der Waals surface area contributed by atoms with E-state index in [9.17, 15) is 26.3 Å². The third-order valence-corrected chi connectivity index (χ3v) is 4.93. The molecule has 2 aromatic carbocycles. The first kappa shape index (κ1) is 24.2. The number of alkyl halides is 6. The van der Waals surface area contributed by atoms with Gasteiger partial charge in [-0.3, -0.25) is 4.68 Å². The average Bonchev–Trinajstić information content (AvgIpc) is 2.98. The van der Waals surface area contributed by atoms with Gasteiger partial charge in [-0.2, -0.15) is 31.4 Å². The lowest BCUT2D eigenvalue weighted by molar-refractivity contribution is -0.141. The van der Waals surface area contributed by atoms with E-state index in [0.717, 1.165) is 29.9 Å². The maximum absolute atomic E-state index is 13.6. The Morgan fingerprint density at radius 3 is 2.25 bits per heavy atom. The summed E-state index contributed by atoms with van der Waals surface area (Å²) in [5.74, 6) is -0.922. The van der Waals surface area contributed by atoms with Crippen molar-refractivity contribution in [3.63, 3.8) is 0 Å². The largest absolute Gasteiger partial charge is 0.437 e. The number of aromatic nitrogens is 2. The molecule has 0 unspecified atom stereocenters. The fourth-order valence-electron chi connectivity index (χ4n) is 2.55. The molecule has 0 atom stereocenters. The van der Waals surface area contributed by atoms with Crippen molar-refractivity contribution < 1.29 is 31.1 Å². The zero-order valence-corrected chi connectivity index (χ0v) is 18.0. The van der Waals surface area contributed by atoms with Crippen LogP contribution in [0.5, 0.6) is 5.75 Å². The van der Waals surface area contributed by atoms with Gasteiger partial charge in [0.1, 0.15) is 16.5 Å². The zero-order chi connectivity index (χ0) is 23.8. The Morgan fingerprint density at radius 1 is 0.969 bits per heavy atom. The van der Waals surface area contributed by atoms with Crippen molar-refractivity contribution in [3.8, 4) is 5.75 Å². The summed E-state index contributed by atoms with van der Waals surface area (Å²) >= 11 is 17.9. The van der Waals surface area contributed by atoms with Gasteiger partial charge in [0, 0.05) is 12.1 Å². The van der Waals surface area contributed by atoms with Crippen molar-refractivity contribution in [2.24, 2.45) is 12.0 Å². The van der Waals surface area contributed by atoms with E-state index in [1.54, 1.807) is 0 Å². The van der Waals surface area contributed by atoms with Crippen LogP contribution in [0.25, 0.3) is 0 Å². The molecule has 0 N–H and O–H groups in total. The fraction of sp³-hybridized carbons (Fsp3) is 0.158. The number of aliphatic imine (C=N–C) groups is 1. The lowest BCUT2D eigenvalue weighted by Gasteiger charge is -2.13. The molecule has 0 saturated carbocycles. The van der Waals surface area contributed by atoms with Crippen molar-refractivity contribution in [1.82, 2.24) is 9.78 Å². The van der Waals surface area contributed by atoms with Crippen LogP contribution in [-0.4, -0.2) is 15.7 Å². The molecule has 32 heavy (non-hydrogen) atoms. The van der Waals surface area contributed by atoms with E-state index < -0.39 is 40.2 Å². The Balaban J connectivity index is 2.23. The molecule has 0 spiro atoms. The number of halogens is 9. The summed E-state index contributed by atoms with van der Waals surface area (Å²) in [7, 11) is 1.15.